The van der Waals surface area contributed by atoms with E-state index in [4.69, 9.17) is 11.6 Å². The molecule has 1 aromatic carbocycles. The predicted molar refractivity (Wildman–Crippen MR) is 112 cm³/mol. The summed E-state index contributed by atoms with van der Waals surface area (Å²) >= 11 is 8.89. The summed E-state index contributed by atoms with van der Waals surface area (Å²) in [5.41, 5.74) is 1.12. The van der Waals surface area contributed by atoms with Gasteiger partial charge in [0.25, 0.3) is 5.91 Å². The van der Waals surface area contributed by atoms with Crippen molar-refractivity contribution in [3.63, 3.8) is 0 Å². The normalized spacial score (nSPS) is 10.6. The van der Waals surface area contributed by atoms with Crippen LogP contribution in [0.1, 0.15) is 22.5 Å². The first-order chi connectivity index (χ1) is 13.5. The van der Waals surface area contributed by atoms with Gasteiger partial charge in [0, 0.05) is 24.0 Å². The van der Waals surface area contributed by atoms with Gasteiger partial charge in [-0.25, -0.2) is 4.98 Å². The van der Waals surface area contributed by atoms with Gasteiger partial charge in [0.2, 0.25) is 5.91 Å². The summed E-state index contributed by atoms with van der Waals surface area (Å²) in [4.78, 5) is 29.4. The molecule has 3 N–H and O–H groups in total. The third kappa shape index (κ3) is 5.79. The van der Waals surface area contributed by atoms with E-state index in [1.165, 1.54) is 34.8 Å². The quantitative estimate of drug-likeness (QED) is 0.470. The molecule has 0 bridgehead atoms. The van der Waals surface area contributed by atoms with E-state index in [0.29, 0.717) is 29.4 Å². The molecule has 0 aliphatic rings. The van der Waals surface area contributed by atoms with Crippen molar-refractivity contribution in [3.05, 3.63) is 57.4 Å². The van der Waals surface area contributed by atoms with E-state index >= 15 is 0 Å². The van der Waals surface area contributed by atoms with Crippen LogP contribution in [0.5, 0.6) is 5.75 Å². The number of nitrogens with zero attached hydrogens (tertiary/aromatic N) is 1. The number of halogens is 1. The fourth-order valence-electron chi connectivity index (χ4n) is 2.42. The summed E-state index contributed by atoms with van der Waals surface area (Å²) in [6.45, 7) is 0.880. The zero-order valence-corrected chi connectivity index (χ0v) is 17.2. The van der Waals surface area contributed by atoms with E-state index < -0.39 is 0 Å². The molecular weight excluding hydrogens is 418 g/mol. The number of phenolic OH excluding ortho intramolecular Hbond substituents is 1. The van der Waals surface area contributed by atoms with Gasteiger partial charge in [0.1, 0.15) is 10.8 Å². The van der Waals surface area contributed by atoms with Gasteiger partial charge in [-0.3, -0.25) is 9.59 Å². The molecule has 0 saturated carbocycles. The molecule has 0 spiro atoms. The van der Waals surface area contributed by atoms with Crippen LogP contribution in [-0.2, 0) is 11.2 Å². The number of benzene rings is 1. The molecule has 6 nitrogen and oxygen atoms in total. The number of nitrogens with one attached hydrogen (secondary N) is 2. The Morgan fingerprint density at radius 3 is 2.71 bits per heavy atom. The van der Waals surface area contributed by atoms with Gasteiger partial charge in [-0.05, 0) is 36.8 Å². The molecule has 0 aliphatic heterocycles. The Morgan fingerprint density at radius 2 is 1.96 bits per heavy atom. The molecular formula is C19H18ClN3O3S2. The van der Waals surface area contributed by atoms with Crippen LogP contribution in [0, 0.1) is 0 Å². The molecule has 28 heavy (non-hydrogen) atoms. The highest BCUT2D eigenvalue weighted by atomic mass is 35.5. The molecule has 2 aromatic heterocycles. The third-order valence-electron chi connectivity index (χ3n) is 3.75. The van der Waals surface area contributed by atoms with Gasteiger partial charge in [-0.15, -0.1) is 22.7 Å². The highest BCUT2D eigenvalue weighted by Crippen LogP contribution is 2.32. The van der Waals surface area contributed by atoms with Gasteiger partial charge in [0.15, 0.2) is 0 Å². The van der Waals surface area contributed by atoms with E-state index in [0.717, 1.165) is 15.6 Å². The Kier molecular flexibility index (Phi) is 7.02. The Hall–Kier alpha value is -2.42. The van der Waals surface area contributed by atoms with Crippen molar-refractivity contribution >= 4 is 46.1 Å². The maximum atomic E-state index is 12.0. The Labute approximate surface area is 175 Å². The van der Waals surface area contributed by atoms with Crippen molar-refractivity contribution in [1.29, 1.82) is 0 Å². The summed E-state index contributed by atoms with van der Waals surface area (Å²) in [5.74, 6) is -0.321. The van der Waals surface area contributed by atoms with Gasteiger partial charge >= 0.3 is 0 Å². The average molecular weight is 436 g/mol. The third-order valence-corrected chi connectivity index (χ3v) is 6.04. The monoisotopic (exact) mass is 435 g/mol. The first-order valence-corrected chi connectivity index (χ1v) is 10.6. The molecule has 0 unspecified atom stereocenters. The van der Waals surface area contributed by atoms with E-state index in [1.807, 2.05) is 17.5 Å². The van der Waals surface area contributed by atoms with Gasteiger partial charge < -0.3 is 15.7 Å². The second-order valence-electron chi connectivity index (χ2n) is 5.93. The number of rotatable bonds is 8. The average Bonchev–Trinajstić information content (AvgIpc) is 3.30. The molecule has 146 valence electrons. The number of aromatic nitrogens is 1. The zero-order valence-electron chi connectivity index (χ0n) is 14.8. The predicted octanol–water partition coefficient (Wildman–Crippen LogP) is 3.71. The lowest BCUT2D eigenvalue weighted by molar-refractivity contribution is -0.120. The number of hydrogen-bond donors (Lipinski definition) is 3. The van der Waals surface area contributed by atoms with Crippen LogP contribution in [0.4, 0.5) is 0 Å². The van der Waals surface area contributed by atoms with E-state index in [9.17, 15) is 14.7 Å². The van der Waals surface area contributed by atoms with Crippen LogP contribution in [0.25, 0.3) is 9.88 Å². The van der Waals surface area contributed by atoms with Crippen molar-refractivity contribution < 1.29 is 14.7 Å². The molecule has 0 atom stereocenters. The topological polar surface area (TPSA) is 91.3 Å². The van der Waals surface area contributed by atoms with E-state index in [-0.39, 0.29) is 24.0 Å². The first-order valence-electron chi connectivity index (χ1n) is 8.55. The van der Waals surface area contributed by atoms with Crippen LogP contribution < -0.4 is 10.6 Å². The maximum Gasteiger partial charge on any atom is 0.251 e. The number of amides is 2. The lowest BCUT2D eigenvalue weighted by Gasteiger charge is -2.07. The molecule has 2 amide bonds. The van der Waals surface area contributed by atoms with Crippen molar-refractivity contribution in [2.45, 2.75) is 12.8 Å². The number of carbonyl (C=O) groups excluding carboxylic acids is 2. The SMILES string of the molecule is O=C(Cc1csc(-c2ccc(Cl)s2)n1)NCCCNC(=O)c1cccc(O)c1. The highest BCUT2D eigenvalue weighted by molar-refractivity contribution is 7.23. The highest BCUT2D eigenvalue weighted by Gasteiger charge is 2.10. The van der Waals surface area contributed by atoms with E-state index in [2.05, 4.69) is 15.6 Å². The van der Waals surface area contributed by atoms with Gasteiger partial charge in [0.05, 0.1) is 21.3 Å². The Balaban J connectivity index is 1.36. The van der Waals surface area contributed by atoms with Crippen LogP contribution in [0.3, 0.4) is 0 Å². The largest absolute Gasteiger partial charge is 0.508 e. The minimum absolute atomic E-state index is 0.0484. The van der Waals surface area contributed by atoms with Crippen molar-refractivity contribution in [2.75, 3.05) is 13.1 Å². The molecule has 2 heterocycles. The summed E-state index contributed by atoms with van der Waals surface area (Å²) in [7, 11) is 0. The molecule has 0 saturated heterocycles. The summed E-state index contributed by atoms with van der Waals surface area (Å²) in [6.07, 6.45) is 0.817. The number of aromatic hydroxyl groups is 1. The Bertz CT molecular complexity index is 971. The fraction of sp³-hybridized carbons (Fsp3) is 0.211. The maximum absolute atomic E-state index is 12.0. The standard InChI is InChI=1S/C19H18ClN3O3S2/c20-16-6-5-15(28-16)19-23-13(11-27-19)10-17(25)21-7-2-8-22-18(26)12-3-1-4-14(24)9-12/h1,3-6,9,11,24H,2,7-8,10H2,(H,21,25)(H,22,26). The number of carbonyl (C=O) groups is 2. The lowest BCUT2D eigenvalue weighted by atomic mass is 10.2. The fourth-order valence-corrected chi connectivity index (χ4v) is 4.36. The van der Waals surface area contributed by atoms with Crippen molar-refractivity contribution in [3.8, 4) is 15.6 Å². The second-order valence-corrected chi connectivity index (χ2v) is 8.51. The van der Waals surface area contributed by atoms with Gasteiger partial charge in [-0.2, -0.15) is 0 Å². The van der Waals surface area contributed by atoms with Crippen LogP contribution in [0.15, 0.2) is 41.8 Å². The minimum atomic E-state index is -0.258. The number of thiazole rings is 1. The summed E-state index contributed by atoms with van der Waals surface area (Å²) in [5, 5.41) is 17.7. The lowest BCUT2D eigenvalue weighted by Crippen LogP contribution is -2.30. The van der Waals surface area contributed by atoms with Crippen LogP contribution in [-0.4, -0.2) is 35.0 Å². The molecule has 3 rings (SSSR count). The summed E-state index contributed by atoms with van der Waals surface area (Å²) < 4.78 is 0.709. The number of hydrogen-bond acceptors (Lipinski definition) is 6. The first kappa shape index (κ1) is 20.3. The zero-order chi connectivity index (χ0) is 19.9. The van der Waals surface area contributed by atoms with Crippen LogP contribution >= 0.6 is 34.3 Å². The minimum Gasteiger partial charge on any atom is -0.508 e. The summed E-state index contributed by atoms with van der Waals surface area (Å²) in [6, 6.07) is 9.90. The van der Waals surface area contributed by atoms with Crippen molar-refractivity contribution in [1.82, 2.24) is 15.6 Å². The van der Waals surface area contributed by atoms with Crippen LogP contribution in [0.2, 0.25) is 4.34 Å². The smallest absolute Gasteiger partial charge is 0.251 e. The molecule has 0 radical (unpaired) electrons. The van der Waals surface area contributed by atoms with E-state index in [1.54, 1.807) is 12.1 Å². The number of phenols is 1. The molecule has 3 aromatic rings. The van der Waals surface area contributed by atoms with Gasteiger partial charge in [-0.1, -0.05) is 17.7 Å². The molecule has 9 heteroatoms. The molecule has 0 fully saturated rings. The molecule has 0 aliphatic carbocycles. The second kappa shape index (κ2) is 9.68. The van der Waals surface area contributed by atoms with Crippen molar-refractivity contribution in [2.24, 2.45) is 0 Å². The Morgan fingerprint density at radius 1 is 1.14 bits per heavy atom. The number of thiophene rings is 1.